The third-order valence-corrected chi connectivity index (χ3v) is 9.80. The Morgan fingerprint density at radius 2 is 1.45 bits per heavy atom. The van der Waals surface area contributed by atoms with Crippen LogP contribution in [-0.2, 0) is 10.2 Å². The average molecular weight is 518 g/mol. The molecule has 4 saturated carbocycles. The summed E-state index contributed by atoms with van der Waals surface area (Å²) in [5, 5.41) is 3.03. The number of nitrogens with one attached hydrogen (secondary N) is 1. The van der Waals surface area contributed by atoms with E-state index in [2.05, 4.69) is 17.4 Å². The topological polar surface area (TPSA) is 52.7 Å². The van der Waals surface area contributed by atoms with Crippen LogP contribution in [0.2, 0.25) is 0 Å². The van der Waals surface area contributed by atoms with Crippen LogP contribution in [0.3, 0.4) is 0 Å². The van der Waals surface area contributed by atoms with Crippen molar-refractivity contribution in [2.24, 2.45) is 23.7 Å². The van der Waals surface area contributed by atoms with Gasteiger partial charge in [0.2, 0.25) is 5.91 Å². The van der Waals surface area contributed by atoms with Crippen molar-refractivity contribution in [3.63, 3.8) is 0 Å². The van der Waals surface area contributed by atoms with Crippen LogP contribution >= 0.6 is 0 Å². The number of nitrogens with zero attached hydrogens (tertiary/aromatic N) is 2. The summed E-state index contributed by atoms with van der Waals surface area (Å²) in [7, 11) is 0. The van der Waals surface area contributed by atoms with Crippen LogP contribution in [0.1, 0.15) is 68.3 Å². The largest absolute Gasteiger partial charge is 0.366 e. The zero-order valence-electron chi connectivity index (χ0n) is 22.7. The van der Waals surface area contributed by atoms with Crippen LogP contribution in [0.15, 0.2) is 48.5 Å². The van der Waals surface area contributed by atoms with Gasteiger partial charge in [-0.2, -0.15) is 0 Å². The number of para-hydroxylation sites is 1. The Kier molecular flexibility index (Phi) is 6.69. The molecule has 0 radical (unpaired) electrons. The summed E-state index contributed by atoms with van der Waals surface area (Å²) in [5.41, 5.74) is 2.90. The lowest BCUT2D eigenvalue weighted by Gasteiger charge is -2.57. The van der Waals surface area contributed by atoms with Gasteiger partial charge in [-0.25, -0.2) is 4.39 Å². The molecular weight excluding hydrogens is 477 g/mol. The molecule has 5 fully saturated rings. The first-order valence-electron chi connectivity index (χ1n) is 14.5. The molecule has 1 N–H and O–H groups in total. The van der Waals surface area contributed by atoms with E-state index in [4.69, 9.17) is 0 Å². The summed E-state index contributed by atoms with van der Waals surface area (Å²) < 4.78 is 14.2. The second kappa shape index (κ2) is 10.0. The fourth-order valence-electron chi connectivity index (χ4n) is 8.25. The number of carbonyl (C=O) groups is 2. The molecule has 6 heteroatoms. The first-order chi connectivity index (χ1) is 18.3. The van der Waals surface area contributed by atoms with E-state index in [-0.39, 0.29) is 23.5 Å². The minimum absolute atomic E-state index is 0.0395. The van der Waals surface area contributed by atoms with E-state index in [9.17, 15) is 14.0 Å². The van der Waals surface area contributed by atoms with E-state index in [1.807, 2.05) is 36.9 Å². The predicted octanol–water partition coefficient (Wildman–Crippen LogP) is 5.40. The Labute approximate surface area is 225 Å². The lowest BCUT2D eigenvalue weighted by molar-refractivity contribution is -0.134. The van der Waals surface area contributed by atoms with E-state index in [1.165, 1.54) is 50.2 Å². The van der Waals surface area contributed by atoms with Gasteiger partial charge in [-0.05, 0) is 97.4 Å². The lowest BCUT2D eigenvalue weighted by atomic mass is 9.48. The first-order valence-corrected chi connectivity index (χ1v) is 14.5. The average Bonchev–Trinajstić information content (AvgIpc) is 2.91. The number of hydrogen-bond donors (Lipinski definition) is 1. The van der Waals surface area contributed by atoms with Crippen molar-refractivity contribution < 1.29 is 14.0 Å². The van der Waals surface area contributed by atoms with Gasteiger partial charge < -0.3 is 15.1 Å². The molecule has 0 aromatic heterocycles. The first kappa shape index (κ1) is 25.4. The SMILES string of the molecule is CC(C)[C@H](NC(=O)c1ccc(C23CC4CC(CC(C4)C2)C3)cc1)C(=O)N1CCN(c2ccccc2F)CC1. The maximum Gasteiger partial charge on any atom is 0.251 e. The summed E-state index contributed by atoms with van der Waals surface area (Å²) in [6.45, 7) is 6.08. The molecule has 5 aliphatic rings. The molecule has 1 heterocycles. The zero-order chi connectivity index (χ0) is 26.4. The van der Waals surface area contributed by atoms with Gasteiger partial charge in [-0.15, -0.1) is 0 Å². The van der Waals surface area contributed by atoms with Gasteiger partial charge >= 0.3 is 0 Å². The predicted molar refractivity (Wildman–Crippen MR) is 148 cm³/mol. The Bertz CT molecular complexity index is 1150. The molecule has 7 rings (SSSR count). The minimum Gasteiger partial charge on any atom is -0.366 e. The van der Waals surface area contributed by atoms with Crippen molar-refractivity contribution in [1.82, 2.24) is 10.2 Å². The number of halogens is 1. The van der Waals surface area contributed by atoms with Crippen molar-refractivity contribution in [3.05, 3.63) is 65.5 Å². The summed E-state index contributed by atoms with van der Waals surface area (Å²) >= 11 is 0. The van der Waals surface area contributed by atoms with Gasteiger partial charge in [0.05, 0.1) is 5.69 Å². The second-order valence-electron chi connectivity index (χ2n) is 12.7. The van der Waals surface area contributed by atoms with Crippen molar-refractivity contribution in [1.29, 1.82) is 0 Å². The van der Waals surface area contributed by atoms with E-state index in [0.717, 1.165) is 17.8 Å². The van der Waals surface area contributed by atoms with Gasteiger partial charge in [0.1, 0.15) is 11.9 Å². The number of benzene rings is 2. The molecular formula is C32H40FN3O2. The molecule has 2 amide bonds. The number of piperazine rings is 1. The van der Waals surface area contributed by atoms with Crippen molar-refractivity contribution in [3.8, 4) is 0 Å². The molecule has 1 aliphatic heterocycles. The Morgan fingerprint density at radius 1 is 0.868 bits per heavy atom. The van der Waals surface area contributed by atoms with Gasteiger partial charge in [0.25, 0.3) is 5.91 Å². The smallest absolute Gasteiger partial charge is 0.251 e. The molecule has 4 aliphatic carbocycles. The molecule has 38 heavy (non-hydrogen) atoms. The van der Waals surface area contributed by atoms with Crippen LogP contribution in [0, 0.1) is 29.5 Å². The van der Waals surface area contributed by atoms with E-state index < -0.39 is 6.04 Å². The van der Waals surface area contributed by atoms with Gasteiger partial charge in [0, 0.05) is 31.7 Å². The highest BCUT2D eigenvalue weighted by Gasteiger charge is 2.51. The maximum atomic E-state index is 14.2. The summed E-state index contributed by atoms with van der Waals surface area (Å²) in [6.07, 6.45) is 8.17. The molecule has 4 bridgehead atoms. The number of amides is 2. The highest BCUT2D eigenvalue weighted by molar-refractivity contribution is 5.97. The van der Waals surface area contributed by atoms with Gasteiger partial charge in [-0.1, -0.05) is 38.1 Å². The van der Waals surface area contributed by atoms with E-state index in [0.29, 0.717) is 42.8 Å². The highest BCUT2D eigenvalue weighted by Crippen LogP contribution is 2.60. The number of rotatable bonds is 6. The van der Waals surface area contributed by atoms with Crippen molar-refractivity contribution >= 4 is 17.5 Å². The number of anilines is 1. The third-order valence-electron chi connectivity index (χ3n) is 9.80. The molecule has 1 atom stereocenters. The number of hydrogen-bond acceptors (Lipinski definition) is 3. The number of carbonyl (C=O) groups excluding carboxylic acids is 2. The molecule has 2 aromatic rings. The monoisotopic (exact) mass is 517 g/mol. The van der Waals surface area contributed by atoms with Crippen LogP contribution in [0.4, 0.5) is 10.1 Å². The lowest BCUT2D eigenvalue weighted by Crippen LogP contribution is -2.56. The van der Waals surface area contributed by atoms with Crippen LogP contribution in [-0.4, -0.2) is 48.9 Å². The molecule has 1 saturated heterocycles. The standard InChI is InChI=1S/C32H40FN3O2/c1-21(2)29(31(38)36-13-11-35(12-14-36)28-6-4-3-5-27(28)33)34-30(37)25-7-9-26(10-8-25)32-18-22-15-23(19-32)17-24(16-22)20-32/h3-10,21-24,29H,11-20H2,1-2H3,(H,34,37)/t22?,23?,24?,29-,32?/m0/s1. The normalized spacial score (nSPS) is 29.0. The van der Waals surface area contributed by atoms with E-state index in [1.54, 1.807) is 17.0 Å². The second-order valence-corrected chi connectivity index (χ2v) is 12.7. The van der Waals surface area contributed by atoms with Gasteiger partial charge in [-0.3, -0.25) is 9.59 Å². The van der Waals surface area contributed by atoms with Crippen LogP contribution in [0.5, 0.6) is 0 Å². The fraction of sp³-hybridized carbons (Fsp3) is 0.562. The van der Waals surface area contributed by atoms with Crippen molar-refractivity contribution in [2.75, 3.05) is 31.1 Å². The van der Waals surface area contributed by atoms with E-state index >= 15 is 0 Å². The Morgan fingerprint density at radius 3 is 2.00 bits per heavy atom. The molecule has 0 spiro atoms. The fourth-order valence-corrected chi connectivity index (χ4v) is 8.25. The summed E-state index contributed by atoms with van der Waals surface area (Å²) in [4.78, 5) is 30.5. The molecule has 2 aromatic carbocycles. The minimum atomic E-state index is -0.592. The molecule has 202 valence electrons. The molecule has 5 nitrogen and oxygen atoms in total. The van der Waals surface area contributed by atoms with Crippen molar-refractivity contribution in [2.45, 2.75) is 63.8 Å². The quantitative estimate of drug-likeness (QED) is 0.559. The Balaban J connectivity index is 1.09. The molecule has 0 unspecified atom stereocenters. The summed E-state index contributed by atoms with van der Waals surface area (Å²) in [5.74, 6) is 2.11. The maximum absolute atomic E-state index is 14.2. The highest BCUT2D eigenvalue weighted by atomic mass is 19.1. The Hall–Kier alpha value is -2.89. The summed E-state index contributed by atoms with van der Waals surface area (Å²) in [6, 6.07) is 14.4. The van der Waals surface area contributed by atoms with Crippen LogP contribution < -0.4 is 10.2 Å². The third kappa shape index (κ3) is 4.71. The van der Waals surface area contributed by atoms with Crippen LogP contribution in [0.25, 0.3) is 0 Å². The van der Waals surface area contributed by atoms with Gasteiger partial charge in [0.15, 0.2) is 0 Å². The zero-order valence-corrected chi connectivity index (χ0v) is 22.7.